The summed E-state index contributed by atoms with van der Waals surface area (Å²) in [5, 5.41) is 16.7. The molecule has 0 saturated carbocycles. The Balaban J connectivity index is 0. The summed E-state index contributed by atoms with van der Waals surface area (Å²) in [5.74, 6) is -0.946. The van der Waals surface area contributed by atoms with Gasteiger partial charge in [-0.3, -0.25) is 0 Å². The molecule has 8 heteroatoms. The van der Waals surface area contributed by atoms with E-state index in [9.17, 15) is 4.79 Å². The van der Waals surface area contributed by atoms with Gasteiger partial charge in [0.05, 0.1) is 0 Å². The van der Waals surface area contributed by atoms with E-state index >= 15 is 0 Å². The van der Waals surface area contributed by atoms with Crippen molar-refractivity contribution in [1.29, 1.82) is 0 Å². The fourth-order valence-electron chi connectivity index (χ4n) is 0.557. The number of aliphatic hydroxyl groups excluding tert-OH is 1. The Morgan fingerprint density at radius 2 is 1.60 bits per heavy atom. The van der Waals surface area contributed by atoms with Gasteiger partial charge in [0.25, 0.3) is 0 Å². The van der Waals surface area contributed by atoms with Crippen molar-refractivity contribution in [1.82, 2.24) is 0 Å². The zero-order valence-electron chi connectivity index (χ0n) is 8.04. The Bertz CT molecular complexity index is 235. The van der Waals surface area contributed by atoms with Gasteiger partial charge in [-0.25, -0.2) is 9.36 Å². The lowest BCUT2D eigenvalue weighted by atomic mass is 10.1. The minimum absolute atomic E-state index is 0.118. The number of carbonyl (C=O) groups is 1. The molecule has 0 aliphatic rings. The molecule has 0 unspecified atom stereocenters. The smallest absolute Gasteiger partial charge is 0.466 e. The van der Waals surface area contributed by atoms with Gasteiger partial charge < -0.3 is 24.9 Å². The topological polar surface area (TPSA) is 135 Å². The van der Waals surface area contributed by atoms with Gasteiger partial charge in [0.15, 0.2) is 0 Å². The second kappa shape index (κ2) is 8.58. The number of hydrogen-bond acceptors (Lipinski definition) is 3. The summed E-state index contributed by atoms with van der Waals surface area (Å²) in [5.41, 5.74) is 0.216. The van der Waals surface area contributed by atoms with Crippen molar-refractivity contribution in [3.05, 3.63) is 12.2 Å². The minimum Gasteiger partial charge on any atom is -0.478 e. The number of aliphatic hydroxyl groups is 1. The van der Waals surface area contributed by atoms with Crippen LogP contribution in [0.2, 0.25) is 0 Å². The zero-order valence-corrected chi connectivity index (χ0v) is 8.93. The first-order chi connectivity index (χ1) is 6.68. The summed E-state index contributed by atoms with van der Waals surface area (Å²) in [6.07, 6.45) is 1.81. The molecule has 0 radical (unpaired) electrons. The number of rotatable bonds is 5. The van der Waals surface area contributed by atoms with E-state index in [-0.39, 0.29) is 12.2 Å². The van der Waals surface area contributed by atoms with Crippen LogP contribution in [0.5, 0.6) is 0 Å². The van der Waals surface area contributed by atoms with Crippen molar-refractivity contribution in [2.24, 2.45) is 0 Å². The Morgan fingerprint density at radius 3 is 1.87 bits per heavy atom. The fourth-order valence-corrected chi connectivity index (χ4v) is 0.557. The van der Waals surface area contributed by atoms with Crippen molar-refractivity contribution in [2.75, 3.05) is 6.61 Å². The molecule has 7 nitrogen and oxygen atoms in total. The number of unbranched alkanes of at least 4 members (excludes halogenated alkanes) is 1. The standard InChI is InChI=1S/C7H12O3.H3O4P/c1-6(7(9)10)4-2-3-5-8;1-5(2,3)4/h8H,1-5H2,(H,9,10);(H3,1,2,3,4). The summed E-state index contributed by atoms with van der Waals surface area (Å²) in [4.78, 5) is 31.7. The summed E-state index contributed by atoms with van der Waals surface area (Å²) in [7, 11) is -4.64. The number of carboxylic acids is 1. The number of hydrogen-bond donors (Lipinski definition) is 5. The highest BCUT2D eigenvalue weighted by Gasteiger charge is 2.01. The van der Waals surface area contributed by atoms with E-state index in [0.29, 0.717) is 19.3 Å². The first-order valence-electron chi connectivity index (χ1n) is 3.98. The third kappa shape index (κ3) is 24.6. The first kappa shape index (κ1) is 16.7. The number of phosphoric acid groups is 1. The van der Waals surface area contributed by atoms with Gasteiger partial charge in [0.2, 0.25) is 0 Å². The molecular weight excluding hydrogens is 227 g/mol. The number of carboxylic acid groups (broad SMARTS) is 1. The minimum atomic E-state index is -4.64. The molecule has 0 fully saturated rings. The van der Waals surface area contributed by atoms with Gasteiger partial charge in [0, 0.05) is 12.2 Å². The molecule has 0 aliphatic heterocycles. The molecule has 0 heterocycles. The highest BCUT2D eigenvalue weighted by atomic mass is 31.2. The molecular formula is C7H15O7P. The van der Waals surface area contributed by atoms with Crippen LogP contribution in [0.1, 0.15) is 19.3 Å². The molecule has 15 heavy (non-hydrogen) atoms. The Kier molecular flexibility index (Phi) is 9.55. The maximum absolute atomic E-state index is 10.1. The highest BCUT2D eigenvalue weighted by Crippen LogP contribution is 2.25. The van der Waals surface area contributed by atoms with E-state index in [1.54, 1.807) is 0 Å². The van der Waals surface area contributed by atoms with Gasteiger partial charge in [-0.05, 0) is 19.3 Å². The van der Waals surface area contributed by atoms with Gasteiger partial charge in [0.1, 0.15) is 0 Å². The van der Waals surface area contributed by atoms with Crippen LogP contribution in [-0.2, 0) is 9.36 Å². The summed E-state index contributed by atoms with van der Waals surface area (Å²) >= 11 is 0. The average Bonchev–Trinajstić information content (AvgIpc) is 2.01. The van der Waals surface area contributed by atoms with E-state index in [0.717, 1.165) is 0 Å². The molecule has 0 atom stereocenters. The molecule has 0 bridgehead atoms. The molecule has 0 aromatic rings. The highest BCUT2D eigenvalue weighted by molar-refractivity contribution is 7.45. The summed E-state index contributed by atoms with van der Waals surface area (Å²) in [6, 6.07) is 0. The molecule has 0 aliphatic carbocycles. The average molecular weight is 242 g/mol. The van der Waals surface area contributed by atoms with Crippen molar-refractivity contribution in [3.63, 3.8) is 0 Å². The van der Waals surface area contributed by atoms with E-state index < -0.39 is 13.8 Å². The molecule has 0 aromatic carbocycles. The lowest BCUT2D eigenvalue weighted by molar-refractivity contribution is -0.132. The third-order valence-corrected chi connectivity index (χ3v) is 1.19. The molecule has 0 saturated heterocycles. The van der Waals surface area contributed by atoms with Crippen LogP contribution in [0.3, 0.4) is 0 Å². The van der Waals surface area contributed by atoms with Crippen molar-refractivity contribution < 1.29 is 34.3 Å². The SMILES string of the molecule is C=C(CCCCO)C(=O)O.O=P(O)(O)O. The molecule has 90 valence electrons. The molecule has 5 N–H and O–H groups in total. The van der Waals surface area contributed by atoms with Gasteiger partial charge in [-0.15, -0.1) is 0 Å². The van der Waals surface area contributed by atoms with Crippen LogP contribution < -0.4 is 0 Å². The van der Waals surface area contributed by atoms with Crippen LogP contribution in [0.4, 0.5) is 0 Å². The maximum atomic E-state index is 10.1. The quantitative estimate of drug-likeness (QED) is 0.257. The third-order valence-electron chi connectivity index (χ3n) is 1.19. The predicted molar refractivity (Wildman–Crippen MR) is 52.0 cm³/mol. The van der Waals surface area contributed by atoms with Gasteiger partial charge >= 0.3 is 13.8 Å². The normalized spacial score (nSPS) is 10.1. The van der Waals surface area contributed by atoms with Crippen LogP contribution in [0.25, 0.3) is 0 Å². The van der Waals surface area contributed by atoms with E-state index in [4.69, 9.17) is 29.5 Å². The van der Waals surface area contributed by atoms with Gasteiger partial charge in [-0.1, -0.05) is 6.58 Å². The Labute approximate surface area is 86.9 Å². The molecule has 0 spiro atoms. The van der Waals surface area contributed by atoms with Gasteiger partial charge in [-0.2, -0.15) is 0 Å². The predicted octanol–water partition coefficient (Wildman–Crippen LogP) is -0.139. The number of aliphatic carboxylic acids is 1. The monoisotopic (exact) mass is 242 g/mol. The maximum Gasteiger partial charge on any atom is 0.466 e. The van der Waals surface area contributed by atoms with E-state index in [1.807, 2.05) is 0 Å². The van der Waals surface area contributed by atoms with E-state index in [2.05, 4.69) is 6.58 Å². The van der Waals surface area contributed by atoms with Crippen LogP contribution in [0.15, 0.2) is 12.2 Å². The molecule has 0 aromatic heterocycles. The van der Waals surface area contributed by atoms with Crippen molar-refractivity contribution in [3.8, 4) is 0 Å². The van der Waals surface area contributed by atoms with Crippen LogP contribution >= 0.6 is 7.82 Å². The summed E-state index contributed by atoms with van der Waals surface area (Å²) in [6.45, 7) is 3.46. The van der Waals surface area contributed by atoms with Crippen LogP contribution in [0, 0.1) is 0 Å². The molecule has 0 rings (SSSR count). The lowest BCUT2D eigenvalue weighted by Gasteiger charge is -1.96. The van der Waals surface area contributed by atoms with Crippen molar-refractivity contribution >= 4 is 13.8 Å². The largest absolute Gasteiger partial charge is 0.478 e. The second-order valence-electron chi connectivity index (χ2n) is 2.60. The summed E-state index contributed by atoms with van der Waals surface area (Å²) < 4.78 is 8.88. The first-order valence-corrected chi connectivity index (χ1v) is 5.55. The van der Waals surface area contributed by atoms with E-state index in [1.165, 1.54) is 0 Å². The molecule has 0 amide bonds. The Hall–Kier alpha value is -0.720. The zero-order chi connectivity index (χ0) is 12.5. The fraction of sp³-hybridized carbons (Fsp3) is 0.571. The Morgan fingerprint density at radius 1 is 1.20 bits per heavy atom. The lowest BCUT2D eigenvalue weighted by Crippen LogP contribution is -1.98. The van der Waals surface area contributed by atoms with Crippen molar-refractivity contribution in [2.45, 2.75) is 19.3 Å². The van der Waals surface area contributed by atoms with Crippen LogP contribution in [-0.4, -0.2) is 37.5 Å². The second-order valence-corrected chi connectivity index (χ2v) is 3.63.